The number of nitrogens with zero attached hydrogens (tertiary/aromatic N) is 3. The van der Waals surface area contributed by atoms with Crippen LogP contribution >= 0.6 is 11.6 Å². The smallest absolute Gasteiger partial charge is 0.258 e. The van der Waals surface area contributed by atoms with E-state index >= 15 is 0 Å². The van der Waals surface area contributed by atoms with Gasteiger partial charge in [-0.2, -0.15) is 5.10 Å². The summed E-state index contributed by atoms with van der Waals surface area (Å²) in [5.74, 6) is 0. The second kappa shape index (κ2) is 5.85. The second-order valence-electron chi connectivity index (χ2n) is 5.24. The van der Waals surface area contributed by atoms with Gasteiger partial charge in [-0.05, 0) is 43.7 Å². The van der Waals surface area contributed by atoms with Crippen molar-refractivity contribution >= 4 is 17.3 Å². The molecule has 6 heteroatoms. The van der Waals surface area contributed by atoms with E-state index < -0.39 is 4.92 Å². The Morgan fingerprint density at radius 2 is 1.83 bits per heavy atom. The Morgan fingerprint density at radius 1 is 1.13 bits per heavy atom. The predicted octanol–water partition coefficient (Wildman–Crippen LogP) is 4.72. The van der Waals surface area contributed by atoms with Crippen LogP contribution in [0.25, 0.3) is 16.8 Å². The molecule has 5 nitrogen and oxygen atoms in total. The molecule has 0 atom stereocenters. The number of rotatable bonds is 3. The molecule has 0 N–H and O–H groups in total. The molecule has 1 heterocycles. The van der Waals surface area contributed by atoms with Crippen LogP contribution in [0, 0.1) is 24.0 Å². The van der Waals surface area contributed by atoms with E-state index in [9.17, 15) is 10.1 Å². The second-order valence-corrected chi connectivity index (χ2v) is 5.68. The van der Waals surface area contributed by atoms with Gasteiger partial charge in [0.2, 0.25) is 0 Å². The van der Waals surface area contributed by atoms with Gasteiger partial charge in [-0.15, -0.1) is 0 Å². The Bertz CT molecular complexity index is 885. The van der Waals surface area contributed by atoms with Crippen molar-refractivity contribution in [2.75, 3.05) is 0 Å². The number of nitro benzene ring substituents is 1. The maximum absolute atomic E-state index is 11.0. The summed E-state index contributed by atoms with van der Waals surface area (Å²) in [6.07, 6.45) is 0. The average Bonchev–Trinajstić information content (AvgIpc) is 2.83. The van der Waals surface area contributed by atoms with Gasteiger partial charge in [0.25, 0.3) is 5.69 Å². The molecule has 0 saturated heterocycles. The summed E-state index contributed by atoms with van der Waals surface area (Å²) >= 11 is 5.92. The maximum Gasteiger partial charge on any atom is 0.270 e. The first kappa shape index (κ1) is 15.2. The van der Waals surface area contributed by atoms with Crippen LogP contribution in [0.1, 0.15) is 11.4 Å². The zero-order valence-corrected chi connectivity index (χ0v) is 13.4. The minimum Gasteiger partial charge on any atom is -0.258 e. The number of halogens is 1. The van der Waals surface area contributed by atoms with Crippen molar-refractivity contribution in [3.05, 3.63) is 75.1 Å². The number of non-ortho nitro benzene ring substituents is 1. The largest absolute Gasteiger partial charge is 0.270 e. The summed E-state index contributed by atoms with van der Waals surface area (Å²) in [5.41, 5.74) is 4.40. The van der Waals surface area contributed by atoms with Crippen LogP contribution in [-0.4, -0.2) is 14.7 Å². The van der Waals surface area contributed by atoms with E-state index in [2.05, 4.69) is 5.10 Å². The average molecular weight is 328 g/mol. The van der Waals surface area contributed by atoms with E-state index in [1.807, 2.05) is 36.7 Å². The molecule has 0 fully saturated rings. The lowest BCUT2D eigenvalue weighted by Crippen LogP contribution is -1.98. The highest BCUT2D eigenvalue weighted by Gasteiger charge is 2.16. The van der Waals surface area contributed by atoms with Gasteiger partial charge in [0.05, 0.1) is 16.3 Å². The lowest BCUT2D eigenvalue weighted by molar-refractivity contribution is -0.384. The minimum atomic E-state index is -0.391. The highest BCUT2D eigenvalue weighted by atomic mass is 35.5. The maximum atomic E-state index is 11.0. The van der Waals surface area contributed by atoms with Gasteiger partial charge in [0.15, 0.2) is 0 Å². The molecule has 0 aliphatic carbocycles. The molecule has 0 aliphatic heterocycles. The zero-order chi connectivity index (χ0) is 16.6. The molecule has 0 saturated carbocycles. The SMILES string of the molecule is Cc1nn(-c2ccc(Cl)cc2)c(C)c1-c1cccc([N+](=O)[O-])c1. The molecule has 3 aromatic rings. The summed E-state index contributed by atoms with van der Waals surface area (Å²) in [6, 6.07) is 14.0. The summed E-state index contributed by atoms with van der Waals surface area (Å²) in [6.45, 7) is 3.84. The molecule has 2 aromatic carbocycles. The van der Waals surface area contributed by atoms with Crippen molar-refractivity contribution in [3.8, 4) is 16.8 Å². The van der Waals surface area contributed by atoms with Crippen molar-refractivity contribution in [1.29, 1.82) is 0 Å². The lowest BCUT2D eigenvalue weighted by atomic mass is 10.0. The number of hydrogen-bond donors (Lipinski definition) is 0. The van der Waals surface area contributed by atoms with Crippen LogP contribution in [-0.2, 0) is 0 Å². The van der Waals surface area contributed by atoms with Gasteiger partial charge in [-0.25, -0.2) is 4.68 Å². The van der Waals surface area contributed by atoms with Crippen LogP contribution in [0.2, 0.25) is 5.02 Å². The first-order valence-corrected chi connectivity index (χ1v) is 7.42. The number of nitro groups is 1. The molecule has 1 aromatic heterocycles. The van der Waals surface area contributed by atoms with Crippen molar-refractivity contribution in [1.82, 2.24) is 9.78 Å². The fourth-order valence-corrected chi connectivity index (χ4v) is 2.80. The van der Waals surface area contributed by atoms with Crippen LogP contribution in [0.3, 0.4) is 0 Å². The highest BCUT2D eigenvalue weighted by Crippen LogP contribution is 2.31. The Hall–Kier alpha value is -2.66. The normalized spacial score (nSPS) is 10.7. The van der Waals surface area contributed by atoms with Gasteiger partial charge in [-0.1, -0.05) is 23.7 Å². The first-order valence-electron chi connectivity index (χ1n) is 7.04. The molecule has 0 amide bonds. The molecule has 0 bridgehead atoms. The molecular formula is C17H14ClN3O2. The molecular weight excluding hydrogens is 314 g/mol. The lowest BCUT2D eigenvalue weighted by Gasteiger charge is -2.06. The van der Waals surface area contributed by atoms with Crippen LogP contribution in [0.5, 0.6) is 0 Å². The third-order valence-corrected chi connectivity index (χ3v) is 3.96. The van der Waals surface area contributed by atoms with Crippen molar-refractivity contribution in [3.63, 3.8) is 0 Å². The Labute approximate surface area is 138 Å². The quantitative estimate of drug-likeness (QED) is 0.516. The molecule has 0 unspecified atom stereocenters. The van der Waals surface area contributed by atoms with E-state index in [1.165, 1.54) is 6.07 Å². The Kier molecular flexibility index (Phi) is 3.88. The molecule has 3 rings (SSSR count). The molecule has 0 radical (unpaired) electrons. The van der Waals surface area contributed by atoms with Crippen molar-refractivity contribution in [2.45, 2.75) is 13.8 Å². The minimum absolute atomic E-state index is 0.0699. The Morgan fingerprint density at radius 3 is 2.48 bits per heavy atom. The highest BCUT2D eigenvalue weighted by molar-refractivity contribution is 6.30. The summed E-state index contributed by atoms with van der Waals surface area (Å²) in [4.78, 5) is 10.6. The van der Waals surface area contributed by atoms with Crippen molar-refractivity contribution in [2.24, 2.45) is 0 Å². The number of aromatic nitrogens is 2. The fourth-order valence-electron chi connectivity index (χ4n) is 2.67. The number of aryl methyl sites for hydroxylation is 1. The standard InChI is InChI=1S/C17H14ClN3O2/c1-11-17(13-4-3-5-16(10-13)21(22)23)12(2)20(19-11)15-8-6-14(18)7-9-15/h3-10H,1-2H3. The predicted molar refractivity (Wildman–Crippen MR) is 90.1 cm³/mol. The van der Waals surface area contributed by atoms with E-state index in [4.69, 9.17) is 11.6 Å². The first-order chi connectivity index (χ1) is 11.0. The summed E-state index contributed by atoms with van der Waals surface area (Å²) < 4.78 is 1.82. The molecule has 23 heavy (non-hydrogen) atoms. The van der Waals surface area contributed by atoms with E-state index in [1.54, 1.807) is 24.3 Å². The molecule has 116 valence electrons. The summed E-state index contributed by atoms with van der Waals surface area (Å²) in [5, 5.41) is 16.2. The number of benzene rings is 2. The van der Waals surface area contributed by atoms with E-state index in [0.29, 0.717) is 5.02 Å². The van der Waals surface area contributed by atoms with Gasteiger partial charge < -0.3 is 0 Å². The Balaban J connectivity index is 2.13. The third kappa shape index (κ3) is 2.83. The molecule has 0 spiro atoms. The van der Waals surface area contributed by atoms with Gasteiger partial charge in [0, 0.05) is 28.4 Å². The number of hydrogen-bond acceptors (Lipinski definition) is 3. The van der Waals surface area contributed by atoms with Crippen LogP contribution < -0.4 is 0 Å². The summed E-state index contributed by atoms with van der Waals surface area (Å²) in [7, 11) is 0. The van der Waals surface area contributed by atoms with Gasteiger partial charge in [-0.3, -0.25) is 10.1 Å². The molecule has 0 aliphatic rings. The van der Waals surface area contributed by atoms with Crippen molar-refractivity contribution < 1.29 is 4.92 Å². The van der Waals surface area contributed by atoms with Gasteiger partial charge in [0.1, 0.15) is 0 Å². The van der Waals surface area contributed by atoms with E-state index in [0.717, 1.165) is 28.2 Å². The third-order valence-electron chi connectivity index (χ3n) is 3.71. The van der Waals surface area contributed by atoms with Crippen LogP contribution in [0.15, 0.2) is 48.5 Å². The zero-order valence-electron chi connectivity index (χ0n) is 12.7. The van der Waals surface area contributed by atoms with E-state index in [-0.39, 0.29) is 5.69 Å². The monoisotopic (exact) mass is 327 g/mol. The topological polar surface area (TPSA) is 61.0 Å². The van der Waals surface area contributed by atoms with Crippen LogP contribution in [0.4, 0.5) is 5.69 Å². The van der Waals surface area contributed by atoms with Gasteiger partial charge >= 0.3 is 0 Å². The fraction of sp³-hybridized carbons (Fsp3) is 0.118.